The Morgan fingerprint density at radius 1 is 1.06 bits per heavy atom. The maximum atomic E-state index is 14.5. The van der Waals surface area contributed by atoms with Gasteiger partial charge in [-0.15, -0.1) is 0 Å². The molecule has 1 aliphatic heterocycles. The molecule has 3 aromatic rings. The highest BCUT2D eigenvalue weighted by Crippen LogP contribution is 2.34. The molecule has 0 radical (unpaired) electrons. The molecule has 0 bridgehead atoms. The number of hydrogen-bond acceptors (Lipinski definition) is 5. The number of ether oxygens (including phenoxy) is 2. The van der Waals surface area contributed by atoms with Gasteiger partial charge >= 0.3 is 6.03 Å². The molecular formula is C21H16F3N3O4. The van der Waals surface area contributed by atoms with Crippen LogP contribution in [0.3, 0.4) is 0 Å². The molecule has 0 N–H and O–H groups in total. The largest absolute Gasteiger partial charge is 0.496 e. The first-order valence-corrected chi connectivity index (χ1v) is 9.11. The zero-order valence-electron chi connectivity index (χ0n) is 16.5. The Balaban J connectivity index is 1.71. The van der Waals surface area contributed by atoms with E-state index in [0.717, 1.165) is 12.0 Å². The van der Waals surface area contributed by atoms with Crippen molar-refractivity contribution in [2.75, 3.05) is 25.7 Å². The number of rotatable bonds is 5. The van der Waals surface area contributed by atoms with Gasteiger partial charge in [0.15, 0.2) is 17.4 Å². The number of benzene rings is 2. The smallest absolute Gasteiger partial charge is 0.332 e. The third kappa shape index (κ3) is 3.29. The molecule has 2 aromatic carbocycles. The summed E-state index contributed by atoms with van der Waals surface area (Å²) >= 11 is 0. The first kappa shape index (κ1) is 20.5. The van der Waals surface area contributed by atoms with Crippen LogP contribution in [-0.4, -0.2) is 42.6 Å². The molecule has 3 amide bonds. The third-order valence-electron chi connectivity index (χ3n) is 4.98. The summed E-state index contributed by atoms with van der Waals surface area (Å²) in [6.07, 6.45) is 1.55. The van der Waals surface area contributed by atoms with Crippen LogP contribution in [0.2, 0.25) is 0 Å². The van der Waals surface area contributed by atoms with E-state index in [4.69, 9.17) is 4.74 Å². The van der Waals surface area contributed by atoms with Gasteiger partial charge in [0.25, 0.3) is 5.91 Å². The van der Waals surface area contributed by atoms with Crippen molar-refractivity contribution in [1.29, 1.82) is 0 Å². The highest BCUT2D eigenvalue weighted by Gasteiger charge is 2.40. The highest BCUT2D eigenvalue weighted by atomic mass is 19.2. The summed E-state index contributed by atoms with van der Waals surface area (Å²) in [5.41, 5.74) is 0.445. The Bertz CT molecular complexity index is 1210. The number of amides is 3. The van der Waals surface area contributed by atoms with E-state index in [1.807, 2.05) is 0 Å². The molecule has 1 aliphatic rings. The molecule has 0 spiro atoms. The minimum Gasteiger partial charge on any atom is -0.496 e. The SMILES string of the molecule is COc1c(F)cc(N2C(=O)CN(Cc3ccnc4cccc(OC)c34)C2=O)c(F)c1F. The van der Waals surface area contributed by atoms with Gasteiger partial charge in [-0.05, 0) is 23.8 Å². The van der Waals surface area contributed by atoms with Crippen molar-refractivity contribution in [3.05, 3.63) is 59.5 Å². The lowest BCUT2D eigenvalue weighted by atomic mass is 10.1. The molecule has 1 aromatic heterocycles. The normalized spacial score (nSPS) is 14.0. The first-order chi connectivity index (χ1) is 14.9. The van der Waals surface area contributed by atoms with Crippen LogP contribution in [0.1, 0.15) is 5.56 Å². The molecule has 0 aliphatic carbocycles. The van der Waals surface area contributed by atoms with E-state index in [1.54, 1.807) is 30.5 Å². The van der Waals surface area contributed by atoms with Crippen molar-refractivity contribution in [3.63, 3.8) is 0 Å². The number of aromatic nitrogens is 1. The Morgan fingerprint density at radius 3 is 2.55 bits per heavy atom. The van der Waals surface area contributed by atoms with E-state index in [2.05, 4.69) is 9.72 Å². The third-order valence-corrected chi connectivity index (χ3v) is 4.98. The predicted molar refractivity (Wildman–Crippen MR) is 104 cm³/mol. The Hall–Kier alpha value is -3.82. The fourth-order valence-electron chi connectivity index (χ4n) is 3.57. The minimum atomic E-state index is -1.62. The molecule has 0 atom stereocenters. The maximum absolute atomic E-state index is 14.5. The van der Waals surface area contributed by atoms with Crippen LogP contribution in [0.25, 0.3) is 10.9 Å². The molecule has 31 heavy (non-hydrogen) atoms. The van der Waals surface area contributed by atoms with E-state index in [1.165, 1.54) is 7.11 Å². The van der Waals surface area contributed by atoms with Gasteiger partial charge < -0.3 is 14.4 Å². The van der Waals surface area contributed by atoms with Crippen LogP contribution in [0.15, 0.2) is 36.5 Å². The van der Waals surface area contributed by atoms with Crippen molar-refractivity contribution in [1.82, 2.24) is 9.88 Å². The number of carbonyl (C=O) groups excluding carboxylic acids is 2. The number of halogens is 3. The van der Waals surface area contributed by atoms with Gasteiger partial charge in [0.05, 0.1) is 25.4 Å². The lowest BCUT2D eigenvalue weighted by Crippen LogP contribution is -2.33. The quantitative estimate of drug-likeness (QED) is 0.456. The molecule has 4 rings (SSSR count). The summed E-state index contributed by atoms with van der Waals surface area (Å²) in [5, 5.41) is 0.652. The Kier molecular flexibility index (Phi) is 5.14. The van der Waals surface area contributed by atoms with Crippen molar-refractivity contribution >= 4 is 28.5 Å². The molecular weight excluding hydrogens is 415 g/mol. The van der Waals surface area contributed by atoms with E-state index in [0.29, 0.717) is 33.2 Å². The van der Waals surface area contributed by atoms with Crippen LogP contribution >= 0.6 is 0 Å². The van der Waals surface area contributed by atoms with Gasteiger partial charge in [-0.3, -0.25) is 9.78 Å². The second-order valence-electron chi connectivity index (χ2n) is 6.73. The lowest BCUT2D eigenvalue weighted by molar-refractivity contribution is -0.116. The topological polar surface area (TPSA) is 72.0 Å². The second kappa shape index (κ2) is 7.78. The molecule has 7 nitrogen and oxygen atoms in total. The fraction of sp³-hybridized carbons (Fsp3) is 0.190. The van der Waals surface area contributed by atoms with Gasteiger partial charge in [0.1, 0.15) is 12.3 Å². The number of anilines is 1. The number of hydrogen-bond donors (Lipinski definition) is 0. The van der Waals surface area contributed by atoms with Gasteiger partial charge in [-0.2, -0.15) is 4.39 Å². The highest BCUT2D eigenvalue weighted by molar-refractivity contribution is 6.19. The number of nitrogens with zero attached hydrogens (tertiary/aromatic N) is 3. The molecule has 1 fully saturated rings. The van der Waals surface area contributed by atoms with Crippen LogP contribution in [0.4, 0.5) is 23.7 Å². The minimum absolute atomic E-state index is 0.0246. The summed E-state index contributed by atoms with van der Waals surface area (Å²) in [7, 11) is 2.47. The zero-order valence-corrected chi connectivity index (χ0v) is 16.5. The standard InChI is InChI=1S/C21H16F3N3O4/c1-30-15-5-3-4-13-17(15)11(6-7-25-13)9-26-10-16(28)27(21(26)29)14-8-12(22)20(31-2)19(24)18(14)23/h3-8H,9-10H2,1-2H3. The Morgan fingerprint density at radius 2 is 1.84 bits per heavy atom. The summed E-state index contributed by atoms with van der Waals surface area (Å²) in [6.45, 7) is -0.421. The van der Waals surface area contributed by atoms with E-state index < -0.39 is 47.4 Å². The predicted octanol–water partition coefficient (Wildman–Crippen LogP) is 3.64. The molecule has 2 heterocycles. The van der Waals surface area contributed by atoms with Crippen LogP contribution in [0, 0.1) is 17.5 Å². The number of imide groups is 1. The summed E-state index contributed by atoms with van der Waals surface area (Å²) in [5.74, 6) is -5.65. The molecule has 0 saturated carbocycles. The molecule has 10 heteroatoms. The molecule has 1 saturated heterocycles. The maximum Gasteiger partial charge on any atom is 0.332 e. The van der Waals surface area contributed by atoms with Crippen molar-refractivity contribution < 1.29 is 32.2 Å². The number of pyridine rings is 1. The van der Waals surface area contributed by atoms with Crippen LogP contribution < -0.4 is 14.4 Å². The zero-order chi connectivity index (χ0) is 22.3. The second-order valence-corrected chi connectivity index (χ2v) is 6.73. The van der Waals surface area contributed by atoms with Gasteiger partial charge in [-0.25, -0.2) is 18.5 Å². The average Bonchev–Trinajstić information content (AvgIpc) is 3.03. The monoisotopic (exact) mass is 431 g/mol. The van der Waals surface area contributed by atoms with E-state index in [9.17, 15) is 22.8 Å². The van der Waals surface area contributed by atoms with Crippen LogP contribution in [0.5, 0.6) is 11.5 Å². The Labute approximate surface area is 174 Å². The van der Waals surface area contributed by atoms with Gasteiger partial charge in [0, 0.05) is 24.2 Å². The summed E-state index contributed by atoms with van der Waals surface area (Å²) in [6, 6.07) is 6.57. The first-order valence-electron chi connectivity index (χ1n) is 9.11. The van der Waals surface area contributed by atoms with Crippen molar-refractivity contribution in [3.8, 4) is 11.5 Å². The van der Waals surface area contributed by atoms with Gasteiger partial charge in [0.2, 0.25) is 5.82 Å². The fourth-order valence-corrected chi connectivity index (χ4v) is 3.57. The number of methoxy groups -OCH3 is 2. The van der Waals surface area contributed by atoms with E-state index in [-0.39, 0.29) is 6.54 Å². The van der Waals surface area contributed by atoms with Gasteiger partial charge in [-0.1, -0.05) is 6.07 Å². The molecule has 160 valence electrons. The number of carbonyl (C=O) groups is 2. The van der Waals surface area contributed by atoms with Crippen molar-refractivity contribution in [2.45, 2.75) is 6.54 Å². The van der Waals surface area contributed by atoms with E-state index >= 15 is 0 Å². The number of urea groups is 1. The van der Waals surface area contributed by atoms with Crippen molar-refractivity contribution in [2.24, 2.45) is 0 Å². The van der Waals surface area contributed by atoms with Crippen LogP contribution in [-0.2, 0) is 11.3 Å². The number of fused-ring (bicyclic) bond motifs is 1. The lowest BCUT2D eigenvalue weighted by Gasteiger charge is -2.19. The average molecular weight is 431 g/mol. The summed E-state index contributed by atoms with van der Waals surface area (Å²) in [4.78, 5) is 31.2. The summed E-state index contributed by atoms with van der Waals surface area (Å²) < 4.78 is 52.5. The molecule has 0 unspecified atom stereocenters.